The monoisotopic (exact) mass is 164 g/mol. The normalized spacial score (nSPS) is 13.2. The summed E-state index contributed by atoms with van der Waals surface area (Å²) >= 11 is 10.2. The van der Waals surface area contributed by atoms with Crippen molar-refractivity contribution in [1.82, 2.24) is 0 Å². The van der Waals surface area contributed by atoms with Crippen molar-refractivity contribution >= 4 is 28.1 Å². The van der Waals surface area contributed by atoms with Gasteiger partial charge in [-0.3, -0.25) is 0 Å². The maximum atomic E-state index is 5.51. The molecule has 0 amide bonds. The van der Waals surface area contributed by atoms with Crippen LogP contribution in [0.25, 0.3) is 0 Å². The third kappa shape index (κ3) is 6.26. The Morgan fingerprint density at radius 1 is 1.67 bits per heavy atom. The molecule has 0 aromatic rings. The molecule has 0 radical (unpaired) electrons. The van der Waals surface area contributed by atoms with E-state index >= 15 is 0 Å². The molecule has 0 saturated carbocycles. The van der Waals surface area contributed by atoms with Crippen LogP contribution in [-0.4, -0.2) is 4.32 Å². The van der Waals surface area contributed by atoms with E-state index in [4.69, 9.17) is 23.8 Å². The minimum atomic E-state index is 0.621. The van der Waals surface area contributed by atoms with Crippen LogP contribution in [0.3, 0.4) is 0 Å². The average Bonchev–Trinajstić information content (AvgIpc) is 1.83. The van der Waals surface area contributed by atoms with Crippen molar-refractivity contribution in [3.8, 4) is 0 Å². The molecule has 9 heavy (non-hydrogen) atoms. The van der Waals surface area contributed by atoms with Crippen molar-refractivity contribution in [2.24, 2.45) is 5.92 Å². The third-order valence-corrected chi connectivity index (χ3v) is 1.92. The lowest BCUT2D eigenvalue weighted by atomic mass is 10.0. The van der Waals surface area contributed by atoms with Gasteiger partial charge in [0.15, 0.2) is 0 Å². The topological polar surface area (TPSA) is 0 Å². The molecule has 1 atom stereocenters. The zero-order valence-corrected chi connectivity index (χ0v) is 7.56. The van der Waals surface area contributed by atoms with Gasteiger partial charge in [0, 0.05) is 0 Å². The van der Waals surface area contributed by atoms with E-state index in [-0.39, 0.29) is 0 Å². The highest BCUT2D eigenvalue weighted by Crippen LogP contribution is 2.10. The van der Waals surface area contributed by atoms with Crippen molar-refractivity contribution in [2.75, 3.05) is 0 Å². The number of halogens is 1. The minimum absolute atomic E-state index is 0.621. The van der Waals surface area contributed by atoms with E-state index in [0.717, 1.165) is 18.8 Å². The first-order valence-corrected chi connectivity index (χ1v) is 4.13. The molecule has 0 spiro atoms. The van der Waals surface area contributed by atoms with Gasteiger partial charge in [0.2, 0.25) is 0 Å². The van der Waals surface area contributed by atoms with Crippen LogP contribution in [0.5, 0.6) is 0 Å². The lowest BCUT2D eigenvalue weighted by Crippen LogP contribution is -1.93. The summed E-state index contributed by atoms with van der Waals surface area (Å²) in [4.78, 5) is 0. The first-order chi connectivity index (χ1) is 4.16. The molecule has 0 aliphatic heterocycles. The fourth-order valence-electron chi connectivity index (χ4n) is 0.564. The summed E-state index contributed by atoms with van der Waals surface area (Å²) in [7, 11) is 0. The highest BCUT2D eigenvalue weighted by Gasteiger charge is 1.98. The van der Waals surface area contributed by atoms with Crippen molar-refractivity contribution in [3.05, 3.63) is 0 Å². The number of hydrogen-bond donors (Lipinski definition) is 0. The molecule has 0 saturated heterocycles. The second kappa shape index (κ2) is 5.19. The van der Waals surface area contributed by atoms with Gasteiger partial charge >= 0.3 is 0 Å². The van der Waals surface area contributed by atoms with Gasteiger partial charge in [-0.25, -0.2) is 0 Å². The first-order valence-electron chi connectivity index (χ1n) is 3.35. The molecule has 54 valence electrons. The largest absolute Gasteiger partial charge is 0.0808 e. The Kier molecular flexibility index (Phi) is 5.41. The van der Waals surface area contributed by atoms with Gasteiger partial charge in [0.1, 0.15) is 0 Å². The number of thiocarbonyl (C=S) groups is 1. The average molecular weight is 165 g/mol. The van der Waals surface area contributed by atoms with Crippen molar-refractivity contribution in [2.45, 2.75) is 33.1 Å². The summed E-state index contributed by atoms with van der Waals surface area (Å²) in [6.07, 6.45) is 3.25. The molecule has 2 heteroatoms. The van der Waals surface area contributed by atoms with Crippen LogP contribution >= 0.6 is 23.8 Å². The molecule has 0 N–H and O–H groups in total. The van der Waals surface area contributed by atoms with Gasteiger partial charge in [-0.2, -0.15) is 0 Å². The molecule has 0 aliphatic carbocycles. The third-order valence-electron chi connectivity index (χ3n) is 1.53. The molecule has 0 aliphatic rings. The lowest BCUT2D eigenvalue weighted by molar-refractivity contribution is 0.530. The zero-order valence-electron chi connectivity index (χ0n) is 5.98. The van der Waals surface area contributed by atoms with Crippen molar-refractivity contribution in [1.29, 1.82) is 0 Å². The van der Waals surface area contributed by atoms with E-state index in [0.29, 0.717) is 4.32 Å². The molecule has 0 heterocycles. The van der Waals surface area contributed by atoms with Gasteiger partial charge in [0.05, 0.1) is 4.32 Å². The Bertz CT molecular complexity index is 90.9. The van der Waals surface area contributed by atoms with E-state index < -0.39 is 0 Å². The first kappa shape index (κ1) is 9.38. The fraction of sp³-hybridized carbons (Fsp3) is 0.857. The molecule has 0 bridgehead atoms. The van der Waals surface area contributed by atoms with Crippen molar-refractivity contribution in [3.63, 3.8) is 0 Å². The van der Waals surface area contributed by atoms with Crippen LogP contribution in [-0.2, 0) is 0 Å². The molecule has 0 rings (SSSR count). The summed E-state index contributed by atoms with van der Waals surface area (Å²) in [5.41, 5.74) is 0. The molecule has 0 nitrogen and oxygen atoms in total. The summed E-state index contributed by atoms with van der Waals surface area (Å²) in [6.45, 7) is 4.40. The Morgan fingerprint density at radius 2 is 2.22 bits per heavy atom. The predicted molar refractivity (Wildman–Crippen MR) is 47.1 cm³/mol. The lowest BCUT2D eigenvalue weighted by Gasteiger charge is -2.04. The minimum Gasteiger partial charge on any atom is -0.0765 e. The summed E-state index contributed by atoms with van der Waals surface area (Å²) in [6, 6.07) is 0. The van der Waals surface area contributed by atoms with Crippen LogP contribution in [0, 0.1) is 5.92 Å². The highest BCUT2D eigenvalue weighted by atomic mass is 35.5. The number of rotatable bonds is 4. The molecule has 1 unspecified atom stereocenters. The standard InChI is InChI=1S/C7H13ClS/c1-3-6(2)4-5-7(8)9/h6H,3-5H2,1-2H3. The zero-order chi connectivity index (χ0) is 7.28. The molecular formula is C7H13ClS. The second-order valence-corrected chi connectivity index (χ2v) is 3.58. The van der Waals surface area contributed by atoms with Gasteiger partial charge in [0.25, 0.3) is 0 Å². The van der Waals surface area contributed by atoms with Gasteiger partial charge in [-0.15, -0.1) is 0 Å². The maximum absolute atomic E-state index is 5.51. The van der Waals surface area contributed by atoms with Gasteiger partial charge in [-0.05, 0) is 18.8 Å². The predicted octanol–water partition coefficient (Wildman–Crippen LogP) is 3.38. The summed E-state index contributed by atoms with van der Waals surface area (Å²) in [5, 5.41) is 0. The summed E-state index contributed by atoms with van der Waals surface area (Å²) < 4.78 is 0.621. The highest BCUT2D eigenvalue weighted by molar-refractivity contribution is 7.83. The number of hydrogen-bond acceptors (Lipinski definition) is 1. The van der Waals surface area contributed by atoms with Crippen LogP contribution in [0.4, 0.5) is 0 Å². The van der Waals surface area contributed by atoms with Crippen molar-refractivity contribution < 1.29 is 0 Å². The van der Waals surface area contributed by atoms with E-state index in [1.807, 2.05) is 0 Å². The van der Waals surface area contributed by atoms with E-state index in [1.165, 1.54) is 6.42 Å². The van der Waals surface area contributed by atoms with E-state index in [1.54, 1.807) is 0 Å². The Hall–Kier alpha value is 0.380. The van der Waals surface area contributed by atoms with Crippen LogP contribution in [0.2, 0.25) is 0 Å². The second-order valence-electron chi connectivity index (χ2n) is 2.41. The Morgan fingerprint density at radius 3 is 2.56 bits per heavy atom. The fourth-order valence-corrected chi connectivity index (χ4v) is 0.791. The Balaban J connectivity index is 3.16. The maximum Gasteiger partial charge on any atom is 0.0808 e. The van der Waals surface area contributed by atoms with Crippen LogP contribution in [0.15, 0.2) is 0 Å². The molecule has 0 aromatic heterocycles. The smallest absolute Gasteiger partial charge is 0.0765 e. The Labute approximate surface area is 67.6 Å². The van der Waals surface area contributed by atoms with Gasteiger partial charge in [-0.1, -0.05) is 44.1 Å². The molecule has 0 aromatic carbocycles. The summed E-state index contributed by atoms with van der Waals surface area (Å²) in [5.74, 6) is 0.765. The van der Waals surface area contributed by atoms with E-state index in [9.17, 15) is 0 Å². The quantitative estimate of drug-likeness (QED) is 0.454. The SMILES string of the molecule is CCC(C)CCC(=S)Cl. The molecular weight excluding hydrogens is 152 g/mol. The molecule has 0 fully saturated rings. The van der Waals surface area contributed by atoms with E-state index in [2.05, 4.69) is 13.8 Å². The van der Waals surface area contributed by atoms with Gasteiger partial charge < -0.3 is 0 Å². The van der Waals surface area contributed by atoms with Crippen LogP contribution < -0.4 is 0 Å². The van der Waals surface area contributed by atoms with Crippen LogP contribution in [0.1, 0.15) is 33.1 Å².